The molecule has 2 heterocycles. The van der Waals surface area contributed by atoms with Crippen molar-refractivity contribution in [3.05, 3.63) is 63.1 Å². The first-order chi connectivity index (χ1) is 16.8. The number of methoxy groups -OCH3 is 2. The summed E-state index contributed by atoms with van der Waals surface area (Å²) in [5.74, 6) is -0.916. The van der Waals surface area contributed by atoms with Gasteiger partial charge in [-0.05, 0) is 35.9 Å². The summed E-state index contributed by atoms with van der Waals surface area (Å²) in [5.41, 5.74) is 0.865. The summed E-state index contributed by atoms with van der Waals surface area (Å²) < 4.78 is 16.0. The van der Waals surface area contributed by atoms with E-state index in [4.69, 9.17) is 37.4 Å². The van der Waals surface area contributed by atoms with Gasteiger partial charge in [-0.25, -0.2) is 0 Å². The predicted molar refractivity (Wildman–Crippen MR) is 132 cm³/mol. The Kier molecular flexibility index (Phi) is 7.86. The van der Waals surface area contributed by atoms with Crippen LogP contribution in [-0.2, 0) is 14.3 Å². The second-order valence-electron chi connectivity index (χ2n) is 8.19. The van der Waals surface area contributed by atoms with E-state index in [1.54, 1.807) is 36.4 Å². The fourth-order valence-electron chi connectivity index (χ4n) is 4.35. The van der Waals surface area contributed by atoms with Gasteiger partial charge in [-0.3, -0.25) is 14.5 Å². The zero-order valence-corrected chi connectivity index (χ0v) is 20.9. The Labute approximate surface area is 213 Å². The molecular formula is C25H26Cl2N2O6. The van der Waals surface area contributed by atoms with E-state index < -0.39 is 17.7 Å². The zero-order chi connectivity index (χ0) is 25.1. The Hall–Kier alpha value is -2.78. The average Bonchev–Trinajstić information content (AvgIpc) is 3.13. The fraction of sp³-hybridized carbons (Fsp3) is 0.360. The number of likely N-dealkylation sites (tertiary alicyclic amines) is 1. The van der Waals surface area contributed by atoms with Crippen molar-refractivity contribution in [2.75, 3.05) is 53.6 Å². The molecule has 1 N–H and O–H groups in total. The summed E-state index contributed by atoms with van der Waals surface area (Å²) in [6, 6.07) is 8.87. The van der Waals surface area contributed by atoms with E-state index in [1.807, 2.05) is 0 Å². The summed E-state index contributed by atoms with van der Waals surface area (Å²) in [7, 11) is 2.98. The van der Waals surface area contributed by atoms with Crippen LogP contribution in [0.1, 0.15) is 17.2 Å². The molecule has 10 heteroatoms. The molecule has 2 aromatic rings. The van der Waals surface area contributed by atoms with Crippen LogP contribution in [0.5, 0.6) is 11.5 Å². The Bertz CT molecular complexity index is 1160. The van der Waals surface area contributed by atoms with Crippen LogP contribution in [0.4, 0.5) is 0 Å². The normalized spacial score (nSPS) is 20.3. The monoisotopic (exact) mass is 520 g/mol. The SMILES string of the molecule is COc1ccc(/C(O)=C2\C(=O)C(=O)N(CCN3CCOCC3)[C@H]2c2ccc(Cl)c(Cl)c2)cc1OC. The molecule has 35 heavy (non-hydrogen) atoms. The smallest absolute Gasteiger partial charge is 0.295 e. The van der Waals surface area contributed by atoms with E-state index in [9.17, 15) is 14.7 Å². The van der Waals surface area contributed by atoms with Crippen molar-refractivity contribution in [2.24, 2.45) is 0 Å². The molecule has 1 atom stereocenters. The Morgan fingerprint density at radius 3 is 2.37 bits per heavy atom. The average molecular weight is 521 g/mol. The molecule has 2 fully saturated rings. The molecule has 0 aromatic heterocycles. The third-order valence-electron chi connectivity index (χ3n) is 6.22. The van der Waals surface area contributed by atoms with Crippen molar-refractivity contribution >= 4 is 40.7 Å². The zero-order valence-electron chi connectivity index (χ0n) is 19.4. The van der Waals surface area contributed by atoms with Gasteiger partial charge < -0.3 is 24.2 Å². The third kappa shape index (κ3) is 5.11. The van der Waals surface area contributed by atoms with Crippen molar-refractivity contribution in [3.63, 3.8) is 0 Å². The first-order valence-electron chi connectivity index (χ1n) is 11.1. The minimum Gasteiger partial charge on any atom is -0.507 e. The van der Waals surface area contributed by atoms with E-state index in [2.05, 4.69) is 4.90 Å². The number of amides is 1. The van der Waals surface area contributed by atoms with Gasteiger partial charge in [-0.2, -0.15) is 0 Å². The fourth-order valence-corrected chi connectivity index (χ4v) is 4.66. The van der Waals surface area contributed by atoms with E-state index in [1.165, 1.54) is 19.1 Å². The first kappa shape index (κ1) is 25.3. The standard InChI is InChI=1S/C25H26Cl2N2O6/c1-33-19-6-4-16(14-20(19)34-2)23(30)21-22(15-3-5-17(26)18(27)13-15)29(25(32)24(21)31)8-7-28-9-11-35-12-10-28/h3-6,13-14,22,30H,7-12H2,1-2H3/b23-21+/t22-/m0/s1. The molecule has 2 aliphatic rings. The van der Waals surface area contributed by atoms with Crippen LogP contribution < -0.4 is 9.47 Å². The molecule has 2 saturated heterocycles. The lowest BCUT2D eigenvalue weighted by molar-refractivity contribution is -0.140. The van der Waals surface area contributed by atoms with Crippen LogP contribution >= 0.6 is 23.2 Å². The maximum atomic E-state index is 13.2. The van der Waals surface area contributed by atoms with Crippen LogP contribution in [0.25, 0.3) is 5.76 Å². The molecule has 0 aliphatic carbocycles. The number of Topliss-reactive ketones (excluding diaryl/α,β-unsaturated/α-hetero) is 1. The number of morpholine rings is 1. The number of rotatable bonds is 7. The number of benzene rings is 2. The molecule has 0 bridgehead atoms. The lowest BCUT2D eigenvalue weighted by Crippen LogP contribution is -2.42. The summed E-state index contributed by atoms with van der Waals surface area (Å²) in [4.78, 5) is 30.1. The Balaban J connectivity index is 1.78. The van der Waals surface area contributed by atoms with Crippen LogP contribution in [0.15, 0.2) is 42.0 Å². The van der Waals surface area contributed by atoms with Crippen LogP contribution in [0.3, 0.4) is 0 Å². The molecule has 8 nitrogen and oxygen atoms in total. The lowest BCUT2D eigenvalue weighted by Gasteiger charge is -2.31. The quantitative estimate of drug-likeness (QED) is 0.337. The van der Waals surface area contributed by atoms with E-state index in [0.717, 1.165) is 13.1 Å². The minimum atomic E-state index is -0.834. The van der Waals surface area contributed by atoms with Gasteiger partial charge in [0.2, 0.25) is 0 Å². The molecule has 2 aromatic carbocycles. The topological polar surface area (TPSA) is 88.5 Å². The van der Waals surface area contributed by atoms with Gasteiger partial charge in [-0.15, -0.1) is 0 Å². The van der Waals surface area contributed by atoms with Gasteiger partial charge in [0.15, 0.2) is 11.5 Å². The lowest BCUT2D eigenvalue weighted by atomic mass is 9.95. The highest BCUT2D eigenvalue weighted by atomic mass is 35.5. The number of carbonyl (C=O) groups excluding carboxylic acids is 2. The summed E-state index contributed by atoms with van der Waals surface area (Å²) in [6.07, 6.45) is 0. The highest BCUT2D eigenvalue weighted by Crippen LogP contribution is 2.41. The van der Waals surface area contributed by atoms with Crippen molar-refractivity contribution in [2.45, 2.75) is 6.04 Å². The second kappa shape index (κ2) is 10.9. The van der Waals surface area contributed by atoms with Crippen LogP contribution in [-0.4, -0.2) is 80.2 Å². The number of hydrogen-bond donors (Lipinski definition) is 1. The van der Waals surface area contributed by atoms with E-state index in [-0.39, 0.29) is 22.9 Å². The Morgan fingerprint density at radius 1 is 1.00 bits per heavy atom. The minimum absolute atomic E-state index is 0.0254. The predicted octanol–water partition coefficient (Wildman–Crippen LogP) is 3.76. The molecule has 4 rings (SSSR count). The number of aliphatic hydroxyl groups is 1. The van der Waals surface area contributed by atoms with Crippen molar-refractivity contribution in [1.82, 2.24) is 9.80 Å². The molecule has 186 valence electrons. The number of aliphatic hydroxyl groups excluding tert-OH is 1. The van der Waals surface area contributed by atoms with Gasteiger partial charge in [0.25, 0.3) is 11.7 Å². The van der Waals surface area contributed by atoms with Crippen LogP contribution in [0.2, 0.25) is 10.0 Å². The number of hydrogen-bond acceptors (Lipinski definition) is 7. The molecule has 0 saturated carbocycles. The summed E-state index contributed by atoms with van der Waals surface area (Å²) in [6.45, 7) is 3.57. The van der Waals surface area contributed by atoms with Crippen molar-refractivity contribution < 1.29 is 28.9 Å². The van der Waals surface area contributed by atoms with Gasteiger partial charge >= 0.3 is 0 Å². The molecular weight excluding hydrogens is 495 g/mol. The molecule has 2 aliphatic heterocycles. The highest BCUT2D eigenvalue weighted by Gasteiger charge is 2.46. The number of nitrogens with zero attached hydrogens (tertiary/aromatic N) is 2. The summed E-state index contributed by atoms with van der Waals surface area (Å²) >= 11 is 12.4. The maximum absolute atomic E-state index is 13.2. The van der Waals surface area contributed by atoms with Gasteiger partial charge in [-0.1, -0.05) is 29.3 Å². The van der Waals surface area contributed by atoms with Crippen molar-refractivity contribution in [1.29, 1.82) is 0 Å². The second-order valence-corrected chi connectivity index (χ2v) is 9.00. The number of halogens is 2. The van der Waals surface area contributed by atoms with E-state index in [0.29, 0.717) is 47.4 Å². The third-order valence-corrected chi connectivity index (χ3v) is 6.96. The van der Waals surface area contributed by atoms with Crippen LogP contribution in [0, 0.1) is 0 Å². The van der Waals surface area contributed by atoms with E-state index >= 15 is 0 Å². The van der Waals surface area contributed by atoms with Gasteiger partial charge in [0.05, 0.1) is 49.1 Å². The Morgan fingerprint density at radius 2 is 1.71 bits per heavy atom. The maximum Gasteiger partial charge on any atom is 0.295 e. The first-order valence-corrected chi connectivity index (χ1v) is 11.9. The van der Waals surface area contributed by atoms with Crippen molar-refractivity contribution in [3.8, 4) is 11.5 Å². The molecule has 0 unspecified atom stereocenters. The van der Waals surface area contributed by atoms with Gasteiger partial charge in [0.1, 0.15) is 5.76 Å². The number of ketones is 1. The largest absolute Gasteiger partial charge is 0.507 e. The number of carbonyl (C=O) groups is 2. The van der Waals surface area contributed by atoms with Gasteiger partial charge in [0, 0.05) is 31.7 Å². The summed E-state index contributed by atoms with van der Waals surface area (Å²) in [5, 5.41) is 11.9. The molecule has 0 spiro atoms. The highest BCUT2D eigenvalue weighted by molar-refractivity contribution is 6.46. The number of ether oxygens (including phenoxy) is 3. The molecule has 1 amide bonds. The molecule has 0 radical (unpaired) electrons.